The van der Waals surface area contributed by atoms with Gasteiger partial charge in [0.15, 0.2) is 0 Å². The van der Waals surface area contributed by atoms with E-state index < -0.39 is 0 Å². The van der Waals surface area contributed by atoms with E-state index in [9.17, 15) is 4.79 Å². The zero-order valence-electron chi connectivity index (χ0n) is 16.3. The summed E-state index contributed by atoms with van der Waals surface area (Å²) in [7, 11) is 0. The van der Waals surface area contributed by atoms with E-state index in [4.69, 9.17) is 28.4 Å². The van der Waals surface area contributed by atoms with Crippen molar-refractivity contribution in [3.63, 3.8) is 0 Å². The molecule has 0 N–H and O–H groups in total. The van der Waals surface area contributed by atoms with Gasteiger partial charge in [-0.3, -0.25) is 4.79 Å². The lowest BCUT2D eigenvalue weighted by atomic mass is 10.3. The van der Waals surface area contributed by atoms with Crippen LogP contribution in [0.3, 0.4) is 0 Å². The van der Waals surface area contributed by atoms with Gasteiger partial charge in [0.25, 0.3) is 0 Å². The van der Waals surface area contributed by atoms with Gasteiger partial charge in [0.2, 0.25) is 0 Å². The van der Waals surface area contributed by atoms with Crippen molar-refractivity contribution >= 4 is 5.97 Å². The molecule has 0 spiro atoms. The molecular weight excluding hydrogens is 328 g/mol. The van der Waals surface area contributed by atoms with E-state index in [0.29, 0.717) is 65.7 Å². The van der Waals surface area contributed by atoms with Gasteiger partial charge in [-0.05, 0) is 34.1 Å². The first-order valence-electron chi connectivity index (χ1n) is 9.14. The molecule has 0 saturated heterocycles. The van der Waals surface area contributed by atoms with Crippen LogP contribution in [0.2, 0.25) is 0 Å². The highest BCUT2D eigenvalue weighted by Crippen LogP contribution is 1.95. The van der Waals surface area contributed by atoms with Crippen molar-refractivity contribution < 1.29 is 33.2 Å². The number of esters is 1. The maximum atomic E-state index is 11.5. The van der Waals surface area contributed by atoms with Gasteiger partial charge in [-0.15, -0.1) is 0 Å². The minimum Gasteiger partial charge on any atom is -0.463 e. The van der Waals surface area contributed by atoms with Crippen molar-refractivity contribution in [2.45, 2.75) is 52.7 Å². The largest absolute Gasteiger partial charge is 0.463 e. The van der Waals surface area contributed by atoms with Gasteiger partial charge >= 0.3 is 5.97 Å². The second kappa shape index (κ2) is 18.1. The third kappa shape index (κ3) is 21.2. The van der Waals surface area contributed by atoms with Gasteiger partial charge in [0.05, 0.1) is 58.5 Å². The van der Waals surface area contributed by atoms with Crippen LogP contribution >= 0.6 is 0 Å². The summed E-state index contributed by atoms with van der Waals surface area (Å²) in [6.07, 6.45) is 1.43. The van der Waals surface area contributed by atoms with Crippen LogP contribution in [0.25, 0.3) is 0 Å². The van der Waals surface area contributed by atoms with E-state index in [1.54, 1.807) is 0 Å². The molecule has 25 heavy (non-hydrogen) atoms. The molecule has 0 aliphatic heterocycles. The van der Waals surface area contributed by atoms with Crippen LogP contribution in [-0.2, 0) is 33.2 Å². The van der Waals surface area contributed by atoms with Crippen LogP contribution in [0.5, 0.6) is 0 Å². The van der Waals surface area contributed by atoms with Gasteiger partial charge < -0.3 is 28.4 Å². The highest BCUT2D eigenvalue weighted by Gasteiger charge is 2.03. The van der Waals surface area contributed by atoms with Crippen LogP contribution in [0.4, 0.5) is 0 Å². The van der Waals surface area contributed by atoms with Crippen LogP contribution < -0.4 is 0 Å². The number of rotatable bonds is 18. The van der Waals surface area contributed by atoms with Crippen molar-refractivity contribution in [3.05, 3.63) is 0 Å². The summed E-state index contributed by atoms with van der Waals surface area (Å²) in [5.41, 5.74) is 0. The van der Waals surface area contributed by atoms with E-state index in [-0.39, 0.29) is 24.8 Å². The lowest BCUT2D eigenvalue weighted by molar-refractivity contribution is -0.145. The van der Waals surface area contributed by atoms with Crippen molar-refractivity contribution in [1.29, 1.82) is 0 Å². The first-order valence-corrected chi connectivity index (χ1v) is 9.14. The fraction of sp³-hybridized carbons (Fsp3) is 0.944. The average Bonchev–Trinajstić information content (AvgIpc) is 2.55. The highest BCUT2D eigenvalue weighted by atomic mass is 16.6. The Morgan fingerprint density at radius 2 is 1.08 bits per heavy atom. The monoisotopic (exact) mass is 364 g/mol. The predicted molar refractivity (Wildman–Crippen MR) is 94.8 cm³/mol. The van der Waals surface area contributed by atoms with Crippen molar-refractivity contribution in [1.82, 2.24) is 0 Å². The molecule has 0 aromatic heterocycles. The summed E-state index contributed by atoms with van der Waals surface area (Å²) in [4.78, 5) is 11.5. The topological polar surface area (TPSA) is 72.5 Å². The van der Waals surface area contributed by atoms with E-state index in [1.807, 2.05) is 27.7 Å². The third-order valence-corrected chi connectivity index (χ3v) is 2.89. The molecule has 7 heteroatoms. The Hall–Kier alpha value is -0.730. The predicted octanol–water partition coefficient (Wildman–Crippen LogP) is 2.21. The SMILES string of the molecule is CC(C)OCCOCCCC(=O)OCCOCCOCCOC(C)C. The zero-order chi connectivity index (χ0) is 18.8. The molecular formula is C18H36O7. The minimum atomic E-state index is -0.229. The molecule has 0 heterocycles. The van der Waals surface area contributed by atoms with Gasteiger partial charge in [-0.25, -0.2) is 0 Å². The van der Waals surface area contributed by atoms with Crippen molar-refractivity contribution in [2.24, 2.45) is 0 Å². The first kappa shape index (κ1) is 24.3. The normalized spacial score (nSPS) is 11.4. The molecule has 0 aromatic rings. The number of carbonyl (C=O) groups is 1. The summed E-state index contributed by atoms with van der Waals surface area (Å²) in [6.45, 7) is 12.4. The summed E-state index contributed by atoms with van der Waals surface area (Å²) in [5, 5.41) is 0. The van der Waals surface area contributed by atoms with Crippen LogP contribution in [-0.4, -0.2) is 77.6 Å². The minimum absolute atomic E-state index is 0.214. The maximum Gasteiger partial charge on any atom is 0.305 e. The van der Waals surface area contributed by atoms with Crippen molar-refractivity contribution in [2.75, 3.05) is 59.5 Å². The Kier molecular flexibility index (Phi) is 17.5. The van der Waals surface area contributed by atoms with E-state index >= 15 is 0 Å². The summed E-state index contributed by atoms with van der Waals surface area (Å²) < 4.78 is 31.8. The Morgan fingerprint density at radius 3 is 1.60 bits per heavy atom. The molecule has 0 radical (unpaired) electrons. The number of ether oxygens (including phenoxy) is 6. The lowest BCUT2D eigenvalue weighted by Gasteiger charge is -2.09. The van der Waals surface area contributed by atoms with Gasteiger partial charge in [0.1, 0.15) is 6.61 Å². The summed E-state index contributed by atoms with van der Waals surface area (Å²) in [6, 6.07) is 0. The highest BCUT2D eigenvalue weighted by molar-refractivity contribution is 5.69. The van der Waals surface area contributed by atoms with Gasteiger partial charge in [0, 0.05) is 13.0 Å². The molecule has 0 amide bonds. The second-order valence-corrected chi connectivity index (χ2v) is 6.00. The molecule has 0 fully saturated rings. The molecule has 7 nitrogen and oxygen atoms in total. The number of hydrogen-bond acceptors (Lipinski definition) is 7. The molecule has 0 unspecified atom stereocenters. The Balaban J connectivity index is 3.18. The number of carbonyl (C=O) groups excluding carboxylic acids is 1. The Morgan fingerprint density at radius 1 is 0.640 bits per heavy atom. The quantitative estimate of drug-likeness (QED) is 0.273. The third-order valence-electron chi connectivity index (χ3n) is 2.89. The summed E-state index contributed by atoms with van der Waals surface area (Å²) >= 11 is 0. The van der Waals surface area contributed by atoms with Crippen LogP contribution in [0.1, 0.15) is 40.5 Å². The van der Waals surface area contributed by atoms with Gasteiger partial charge in [-0.2, -0.15) is 0 Å². The molecule has 0 saturated carbocycles. The smallest absolute Gasteiger partial charge is 0.305 e. The Bertz CT molecular complexity index is 295. The average molecular weight is 364 g/mol. The molecule has 0 bridgehead atoms. The van der Waals surface area contributed by atoms with E-state index in [2.05, 4.69) is 0 Å². The molecule has 0 aromatic carbocycles. The standard InChI is InChI=1S/C18H36O7/c1-16(2)23-13-10-20-7-5-6-18(19)25-15-12-22-9-8-21-11-14-24-17(3)4/h16-17H,5-15H2,1-4H3. The fourth-order valence-electron chi connectivity index (χ4n) is 1.71. The lowest BCUT2D eigenvalue weighted by Crippen LogP contribution is -2.15. The zero-order valence-corrected chi connectivity index (χ0v) is 16.3. The van der Waals surface area contributed by atoms with E-state index in [1.165, 1.54) is 0 Å². The molecule has 0 atom stereocenters. The van der Waals surface area contributed by atoms with Crippen LogP contribution in [0.15, 0.2) is 0 Å². The maximum absolute atomic E-state index is 11.5. The molecule has 0 aliphatic carbocycles. The number of hydrogen-bond donors (Lipinski definition) is 0. The Labute approximate surface area is 152 Å². The van der Waals surface area contributed by atoms with Crippen molar-refractivity contribution in [3.8, 4) is 0 Å². The molecule has 0 rings (SSSR count). The summed E-state index contributed by atoms with van der Waals surface area (Å²) in [5.74, 6) is -0.229. The fourth-order valence-corrected chi connectivity index (χ4v) is 1.71. The van der Waals surface area contributed by atoms with E-state index in [0.717, 1.165) is 0 Å². The first-order chi connectivity index (χ1) is 12.0. The molecule has 150 valence electrons. The van der Waals surface area contributed by atoms with Gasteiger partial charge in [-0.1, -0.05) is 0 Å². The molecule has 0 aliphatic rings. The second-order valence-electron chi connectivity index (χ2n) is 6.00. The van der Waals surface area contributed by atoms with Crippen LogP contribution in [0, 0.1) is 0 Å².